The number of hydrogen-bond acceptors (Lipinski definition) is 3. The maximum Gasteiger partial charge on any atom is 0.0991 e. The quantitative estimate of drug-likeness (QED) is 0.798. The molecule has 1 aliphatic heterocycles. The lowest BCUT2D eigenvalue weighted by molar-refractivity contribution is 0.136. The molecule has 1 aliphatic rings. The standard InChI is InChI=1S/C13H16N2O/c14-9-11-5-3-10(4-6-11)8-13(16)12-2-1-7-15-12/h3-6,12-13,15-16H,1-2,7-8H2/t12-,13+/m0/s1. The van der Waals surface area contributed by atoms with Crippen molar-refractivity contribution in [3.8, 4) is 6.07 Å². The second-order valence-electron chi connectivity index (χ2n) is 4.28. The smallest absolute Gasteiger partial charge is 0.0991 e. The Hall–Kier alpha value is -1.37. The van der Waals surface area contributed by atoms with Gasteiger partial charge in [0.1, 0.15) is 0 Å². The molecule has 16 heavy (non-hydrogen) atoms. The van der Waals surface area contributed by atoms with Crippen LogP contribution in [0.4, 0.5) is 0 Å². The highest BCUT2D eigenvalue weighted by Crippen LogP contribution is 2.14. The van der Waals surface area contributed by atoms with Crippen molar-refractivity contribution in [2.24, 2.45) is 0 Å². The normalized spacial score (nSPS) is 21.6. The van der Waals surface area contributed by atoms with Crippen molar-refractivity contribution in [1.29, 1.82) is 5.26 Å². The minimum absolute atomic E-state index is 0.232. The van der Waals surface area contributed by atoms with Crippen molar-refractivity contribution in [3.63, 3.8) is 0 Å². The maximum absolute atomic E-state index is 10.0. The van der Waals surface area contributed by atoms with E-state index in [9.17, 15) is 5.11 Å². The van der Waals surface area contributed by atoms with Crippen LogP contribution in [0.5, 0.6) is 0 Å². The van der Waals surface area contributed by atoms with Crippen molar-refractivity contribution in [3.05, 3.63) is 35.4 Å². The van der Waals surface area contributed by atoms with Crippen LogP contribution in [0.3, 0.4) is 0 Å². The Labute approximate surface area is 95.7 Å². The molecule has 1 aromatic carbocycles. The van der Waals surface area contributed by atoms with Crippen LogP contribution in [-0.2, 0) is 6.42 Å². The molecule has 0 spiro atoms. The SMILES string of the molecule is N#Cc1ccc(C[C@@H](O)[C@@H]2CCCN2)cc1. The molecule has 0 aromatic heterocycles. The van der Waals surface area contributed by atoms with Gasteiger partial charge in [-0.25, -0.2) is 0 Å². The second kappa shape index (κ2) is 5.11. The van der Waals surface area contributed by atoms with Gasteiger partial charge in [-0.05, 0) is 43.5 Å². The van der Waals surface area contributed by atoms with Gasteiger partial charge in [-0.1, -0.05) is 12.1 Å². The highest BCUT2D eigenvalue weighted by molar-refractivity contribution is 5.31. The molecule has 2 atom stereocenters. The highest BCUT2D eigenvalue weighted by Gasteiger charge is 2.22. The molecule has 84 valence electrons. The summed E-state index contributed by atoms with van der Waals surface area (Å²) in [6.45, 7) is 1.01. The van der Waals surface area contributed by atoms with Crippen LogP contribution >= 0.6 is 0 Å². The molecular weight excluding hydrogens is 200 g/mol. The van der Waals surface area contributed by atoms with Gasteiger partial charge in [0.15, 0.2) is 0 Å². The lowest BCUT2D eigenvalue weighted by Crippen LogP contribution is -2.36. The third kappa shape index (κ3) is 2.60. The van der Waals surface area contributed by atoms with Gasteiger partial charge >= 0.3 is 0 Å². The molecule has 1 saturated heterocycles. The van der Waals surface area contributed by atoms with E-state index in [2.05, 4.69) is 11.4 Å². The molecule has 3 heteroatoms. The first-order valence-electron chi connectivity index (χ1n) is 5.70. The number of nitriles is 1. The largest absolute Gasteiger partial charge is 0.391 e. The monoisotopic (exact) mass is 216 g/mol. The molecule has 0 saturated carbocycles. The summed E-state index contributed by atoms with van der Waals surface area (Å²) in [6, 6.07) is 9.74. The van der Waals surface area contributed by atoms with Gasteiger partial charge in [0.2, 0.25) is 0 Å². The first kappa shape index (κ1) is 11.1. The number of rotatable bonds is 3. The Morgan fingerprint density at radius 1 is 1.44 bits per heavy atom. The van der Waals surface area contributed by atoms with Gasteiger partial charge in [-0.2, -0.15) is 5.26 Å². The van der Waals surface area contributed by atoms with E-state index in [-0.39, 0.29) is 12.1 Å². The van der Waals surface area contributed by atoms with E-state index < -0.39 is 0 Å². The van der Waals surface area contributed by atoms with Gasteiger partial charge < -0.3 is 10.4 Å². The predicted octanol–water partition coefficient (Wildman–Crippen LogP) is 1.21. The van der Waals surface area contributed by atoms with Crippen molar-refractivity contribution in [2.45, 2.75) is 31.4 Å². The first-order chi connectivity index (χ1) is 7.79. The molecule has 0 aliphatic carbocycles. The molecule has 2 rings (SSSR count). The fourth-order valence-electron chi connectivity index (χ4n) is 2.14. The molecule has 1 fully saturated rings. The lowest BCUT2D eigenvalue weighted by Gasteiger charge is -2.18. The molecule has 1 aromatic rings. The third-order valence-corrected chi connectivity index (χ3v) is 3.09. The first-order valence-corrected chi connectivity index (χ1v) is 5.70. The molecule has 0 radical (unpaired) electrons. The summed E-state index contributed by atoms with van der Waals surface area (Å²) in [4.78, 5) is 0. The average Bonchev–Trinajstić information content (AvgIpc) is 2.83. The van der Waals surface area contributed by atoms with Crippen molar-refractivity contribution < 1.29 is 5.11 Å². The Morgan fingerprint density at radius 2 is 2.19 bits per heavy atom. The van der Waals surface area contributed by atoms with E-state index in [1.165, 1.54) is 0 Å². The Bertz CT molecular complexity index is 374. The predicted molar refractivity (Wildman–Crippen MR) is 61.9 cm³/mol. The Morgan fingerprint density at radius 3 is 2.75 bits per heavy atom. The van der Waals surface area contributed by atoms with Crippen LogP contribution < -0.4 is 5.32 Å². The molecular formula is C13H16N2O. The van der Waals surface area contributed by atoms with E-state index in [0.717, 1.165) is 24.9 Å². The van der Waals surface area contributed by atoms with Crippen molar-refractivity contribution in [1.82, 2.24) is 5.32 Å². The number of hydrogen-bond donors (Lipinski definition) is 2. The third-order valence-electron chi connectivity index (χ3n) is 3.09. The molecule has 0 amide bonds. The zero-order chi connectivity index (χ0) is 11.4. The van der Waals surface area contributed by atoms with E-state index in [1.54, 1.807) is 12.1 Å². The van der Waals surface area contributed by atoms with Crippen LogP contribution in [0.2, 0.25) is 0 Å². The van der Waals surface area contributed by atoms with E-state index in [4.69, 9.17) is 5.26 Å². The topological polar surface area (TPSA) is 56.0 Å². The van der Waals surface area contributed by atoms with Crippen LogP contribution in [0, 0.1) is 11.3 Å². The van der Waals surface area contributed by atoms with Gasteiger partial charge in [-0.3, -0.25) is 0 Å². The number of nitrogens with zero attached hydrogens (tertiary/aromatic N) is 1. The summed E-state index contributed by atoms with van der Waals surface area (Å²) in [5, 5.41) is 22.0. The number of benzene rings is 1. The van der Waals surface area contributed by atoms with E-state index >= 15 is 0 Å². The minimum atomic E-state index is -0.324. The van der Waals surface area contributed by atoms with E-state index in [0.29, 0.717) is 12.0 Å². The van der Waals surface area contributed by atoms with Crippen molar-refractivity contribution >= 4 is 0 Å². The van der Waals surface area contributed by atoms with E-state index in [1.807, 2.05) is 12.1 Å². The lowest BCUT2D eigenvalue weighted by atomic mass is 10.0. The number of nitrogens with one attached hydrogen (secondary N) is 1. The van der Waals surface area contributed by atoms with Gasteiger partial charge in [0.05, 0.1) is 17.7 Å². The molecule has 2 N–H and O–H groups in total. The number of aliphatic hydroxyl groups is 1. The molecule has 0 unspecified atom stereocenters. The second-order valence-corrected chi connectivity index (χ2v) is 4.28. The van der Waals surface area contributed by atoms with Gasteiger partial charge in [0, 0.05) is 6.04 Å². The summed E-state index contributed by atoms with van der Waals surface area (Å²) in [5.41, 5.74) is 1.75. The Balaban J connectivity index is 1.95. The van der Waals surface area contributed by atoms with Crippen LogP contribution in [-0.4, -0.2) is 23.8 Å². The zero-order valence-corrected chi connectivity index (χ0v) is 9.19. The summed E-state index contributed by atoms with van der Waals surface area (Å²) < 4.78 is 0. The maximum atomic E-state index is 10.0. The Kier molecular flexibility index (Phi) is 3.55. The fraction of sp³-hybridized carbons (Fsp3) is 0.462. The summed E-state index contributed by atoms with van der Waals surface area (Å²) >= 11 is 0. The highest BCUT2D eigenvalue weighted by atomic mass is 16.3. The summed E-state index contributed by atoms with van der Waals surface area (Å²) in [6.07, 6.45) is 2.53. The van der Waals surface area contributed by atoms with Gasteiger partial charge in [0.25, 0.3) is 0 Å². The van der Waals surface area contributed by atoms with Crippen LogP contribution in [0.25, 0.3) is 0 Å². The minimum Gasteiger partial charge on any atom is -0.391 e. The summed E-state index contributed by atoms with van der Waals surface area (Å²) in [7, 11) is 0. The van der Waals surface area contributed by atoms with Gasteiger partial charge in [-0.15, -0.1) is 0 Å². The molecule has 3 nitrogen and oxygen atoms in total. The number of aliphatic hydroxyl groups excluding tert-OH is 1. The van der Waals surface area contributed by atoms with Crippen LogP contribution in [0.1, 0.15) is 24.0 Å². The fourth-order valence-corrected chi connectivity index (χ4v) is 2.14. The average molecular weight is 216 g/mol. The zero-order valence-electron chi connectivity index (χ0n) is 9.19. The van der Waals surface area contributed by atoms with Crippen molar-refractivity contribution in [2.75, 3.05) is 6.54 Å². The molecule has 1 heterocycles. The summed E-state index contributed by atoms with van der Waals surface area (Å²) in [5.74, 6) is 0. The molecule has 0 bridgehead atoms. The van der Waals surface area contributed by atoms with Crippen LogP contribution in [0.15, 0.2) is 24.3 Å².